The summed E-state index contributed by atoms with van der Waals surface area (Å²) in [5.41, 5.74) is 3.63. The van der Waals surface area contributed by atoms with Gasteiger partial charge in [0, 0.05) is 36.5 Å². The number of carbonyl (C=O) groups excluding carboxylic acids is 1. The number of likely N-dealkylation sites (tertiary alicyclic amines) is 1. The van der Waals surface area contributed by atoms with E-state index in [2.05, 4.69) is 20.4 Å². The van der Waals surface area contributed by atoms with Crippen molar-refractivity contribution in [1.82, 2.24) is 15.1 Å². The second-order valence-corrected chi connectivity index (χ2v) is 8.63. The van der Waals surface area contributed by atoms with Gasteiger partial charge >= 0.3 is 0 Å². The van der Waals surface area contributed by atoms with Crippen LogP contribution < -0.4 is 14.8 Å². The molecule has 4 rings (SSSR count). The average molecular weight is 467 g/mol. The number of hydrogen-bond acceptors (Lipinski definition) is 5. The van der Waals surface area contributed by atoms with Crippen LogP contribution in [0.2, 0.25) is 0 Å². The van der Waals surface area contributed by atoms with Gasteiger partial charge in [-0.3, -0.25) is 14.8 Å². The SMILES string of the molecule is COc1cc(CCc2cc(NC(=O)c3ccc(CN4CCCC(F)C4)cc3)n[nH]2)cc(OC)c1. The number of benzene rings is 2. The van der Waals surface area contributed by atoms with Crippen molar-refractivity contribution in [3.05, 3.63) is 70.9 Å². The van der Waals surface area contributed by atoms with Gasteiger partial charge in [-0.05, 0) is 67.6 Å². The van der Waals surface area contributed by atoms with Gasteiger partial charge in [-0.2, -0.15) is 5.10 Å². The number of piperidine rings is 1. The number of amides is 1. The summed E-state index contributed by atoms with van der Waals surface area (Å²) in [6.45, 7) is 2.09. The zero-order chi connectivity index (χ0) is 23.9. The number of hydrogen-bond donors (Lipinski definition) is 2. The molecule has 1 aliphatic rings. The number of H-pyrrole nitrogens is 1. The first-order chi connectivity index (χ1) is 16.5. The number of alkyl halides is 1. The molecule has 0 spiro atoms. The lowest BCUT2D eigenvalue weighted by Gasteiger charge is -2.28. The molecular weight excluding hydrogens is 435 g/mol. The lowest BCUT2D eigenvalue weighted by Crippen LogP contribution is -2.35. The maximum Gasteiger partial charge on any atom is 0.256 e. The maximum absolute atomic E-state index is 13.6. The molecule has 1 aliphatic heterocycles. The van der Waals surface area contributed by atoms with E-state index in [0.29, 0.717) is 30.9 Å². The minimum absolute atomic E-state index is 0.219. The average Bonchev–Trinajstić information content (AvgIpc) is 3.30. The fraction of sp³-hybridized carbons (Fsp3) is 0.385. The molecule has 1 unspecified atom stereocenters. The number of aryl methyl sites for hydroxylation is 2. The van der Waals surface area contributed by atoms with E-state index in [-0.39, 0.29) is 5.91 Å². The molecule has 3 aromatic rings. The van der Waals surface area contributed by atoms with Gasteiger partial charge in [-0.25, -0.2) is 4.39 Å². The van der Waals surface area contributed by atoms with Crippen LogP contribution in [0.25, 0.3) is 0 Å². The van der Waals surface area contributed by atoms with Gasteiger partial charge in [0.05, 0.1) is 14.2 Å². The lowest BCUT2D eigenvalue weighted by molar-refractivity contribution is 0.102. The van der Waals surface area contributed by atoms with Gasteiger partial charge in [0.25, 0.3) is 5.91 Å². The zero-order valence-electron chi connectivity index (χ0n) is 19.6. The summed E-state index contributed by atoms with van der Waals surface area (Å²) in [5, 5.41) is 10.0. The first-order valence-electron chi connectivity index (χ1n) is 11.6. The summed E-state index contributed by atoms with van der Waals surface area (Å²) in [6.07, 6.45) is 2.30. The van der Waals surface area contributed by atoms with Crippen molar-refractivity contribution in [3.8, 4) is 11.5 Å². The number of aromatic nitrogens is 2. The van der Waals surface area contributed by atoms with Gasteiger partial charge in [0.2, 0.25) is 0 Å². The fourth-order valence-corrected chi connectivity index (χ4v) is 4.19. The third-order valence-electron chi connectivity index (χ3n) is 6.04. The van der Waals surface area contributed by atoms with Crippen LogP contribution in [0, 0.1) is 0 Å². The molecule has 0 saturated carbocycles. The molecule has 2 heterocycles. The van der Waals surface area contributed by atoms with Crippen molar-refractivity contribution in [1.29, 1.82) is 0 Å². The molecule has 1 saturated heterocycles. The van der Waals surface area contributed by atoms with Crippen LogP contribution in [0.1, 0.15) is 40.0 Å². The van der Waals surface area contributed by atoms with Crippen LogP contribution in [0.4, 0.5) is 10.2 Å². The Bertz CT molecular complexity index is 1080. The summed E-state index contributed by atoms with van der Waals surface area (Å²) in [7, 11) is 3.26. The van der Waals surface area contributed by atoms with Crippen molar-refractivity contribution in [2.75, 3.05) is 32.6 Å². The maximum atomic E-state index is 13.6. The molecule has 1 amide bonds. The summed E-state index contributed by atoms with van der Waals surface area (Å²) in [5.74, 6) is 1.76. The van der Waals surface area contributed by atoms with Crippen LogP contribution in [-0.2, 0) is 19.4 Å². The quantitative estimate of drug-likeness (QED) is 0.489. The third kappa shape index (κ3) is 6.35. The third-order valence-corrected chi connectivity index (χ3v) is 6.04. The number of methoxy groups -OCH3 is 2. The van der Waals surface area contributed by atoms with E-state index in [9.17, 15) is 9.18 Å². The van der Waals surface area contributed by atoms with Crippen molar-refractivity contribution in [3.63, 3.8) is 0 Å². The number of carbonyl (C=O) groups is 1. The van der Waals surface area contributed by atoms with Crippen LogP contribution in [0.15, 0.2) is 48.5 Å². The molecule has 0 radical (unpaired) electrons. The van der Waals surface area contributed by atoms with Crippen LogP contribution in [0.3, 0.4) is 0 Å². The Labute approximate surface area is 199 Å². The predicted octanol–water partition coefficient (Wildman–Crippen LogP) is 4.40. The molecule has 7 nitrogen and oxygen atoms in total. The molecule has 180 valence electrons. The Morgan fingerprint density at radius 2 is 1.82 bits per heavy atom. The molecule has 1 atom stereocenters. The molecule has 0 bridgehead atoms. The molecular formula is C26H31FN4O3. The van der Waals surface area contributed by atoms with E-state index in [0.717, 1.165) is 54.1 Å². The van der Waals surface area contributed by atoms with Gasteiger partial charge < -0.3 is 14.8 Å². The Balaban J connectivity index is 1.30. The Morgan fingerprint density at radius 1 is 1.09 bits per heavy atom. The van der Waals surface area contributed by atoms with Gasteiger partial charge in [0.1, 0.15) is 17.7 Å². The summed E-state index contributed by atoms with van der Waals surface area (Å²) in [4.78, 5) is 14.8. The minimum Gasteiger partial charge on any atom is -0.497 e. The largest absolute Gasteiger partial charge is 0.497 e. The summed E-state index contributed by atoms with van der Waals surface area (Å²) in [6, 6.07) is 15.1. The van der Waals surface area contributed by atoms with Gasteiger partial charge in [-0.1, -0.05) is 12.1 Å². The monoisotopic (exact) mass is 466 g/mol. The number of ether oxygens (including phenoxy) is 2. The van der Waals surface area contributed by atoms with E-state index in [1.165, 1.54) is 0 Å². The topological polar surface area (TPSA) is 79.5 Å². The fourth-order valence-electron chi connectivity index (χ4n) is 4.19. The Morgan fingerprint density at radius 3 is 2.50 bits per heavy atom. The van der Waals surface area contributed by atoms with E-state index < -0.39 is 6.17 Å². The highest BCUT2D eigenvalue weighted by atomic mass is 19.1. The first kappa shape index (κ1) is 23.8. The zero-order valence-corrected chi connectivity index (χ0v) is 19.6. The number of halogens is 1. The van der Waals surface area contributed by atoms with Crippen LogP contribution in [-0.4, -0.2) is 54.5 Å². The van der Waals surface area contributed by atoms with E-state index in [1.54, 1.807) is 26.4 Å². The molecule has 2 aromatic carbocycles. The molecule has 8 heteroatoms. The van der Waals surface area contributed by atoms with Crippen molar-refractivity contribution < 1.29 is 18.7 Å². The molecule has 1 fully saturated rings. The van der Waals surface area contributed by atoms with Crippen LogP contribution >= 0.6 is 0 Å². The normalized spacial score (nSPS) is 16.3. The highest BCUT2D eigenvalue weighted by molar-refractivity contribution is 6.03. The van der Waals surface area contributed by atoms with Gasteiger partial charge in [-0.15, -0.1) is 0 Å². The van der Waals surface area contributed by atoms with E-state index >= 15 is 0 Å². The standard InChI is InChI=1S/C26H31FN4O3/c1-33-23-12-19(13-24(15-23)34-2)7-10-22-14-25(30-29-22)28-26(32)20-8-5-18(6-9-20)16-31-11-3-4-21(27)17-31/h5-6,8-9,12-15,21H,3-4,7,10-11,16-17H2,1-2H3,(H2,28,29,30,32). The van der Waals surface area contributed by atoms with E-state index in [1.807, 2.05) is 36.4 Å². The minimum atomic E-state index is -0.740. The van der Waals surface area contributed by atoms with Crippen molar-refractivity contribution in [2.45, 2.75) is 38.4 Å². The molecule has 34 heavy (non-hydrogen) atoms. The number of aromatic amines is 1. The second kappa shape index (κ2) is 11.2. The molecule has 0 aliphatic carbocycles. The lowest BCUT2D eigenvalue weighted by atomic mass is 10.1. The highest BCUT2D eigenvalue weighted by Gasteiger charge is 2.19. The van der Waals surface area contributed by atoms with Crippen molar-refractivity contribution >= 4 is 11.7 Å². The highest BCUT2D eigenvalue weighted by Crippen LogP contribution is 2.23. The predicted molar refractivity (Wildman–Crippen MR) is 129 cm³/mol. The number of anilines is 1. The Hall–Kier alpha value is -3.39. The van der Waals surface area contributed by atoms with E-state index in [4.69, 9.17) is 9.47 Å². The van der Waals surface area contributed by atoms with Crippen molar-refractivity contribution in [2.24, 2.45) is 0 Å². The van der Waals surface area contributed by atoms with Gasteiger partial charge in [0.15, 0.2) is 5.82 Å². The number of rotatable bonds is 9. The molecule has 1 aromatic heterocycles. The summed E-state index contributed by atoms with van der Waals surface area (Å²) < 4.78 is 24.2. The number of nitrogens with one attached hydrogen (secondary N) is 2. The number of nitrogens with zero attached hydrogens (tertiary/aromatic N) is 2. The van der Waals surface area contributed by atoms with Crippen LogP contribution in [0.5, 0.6) is 11.5 Å². The second-order valence-electron chi connectivity index (χ2n) is 8.63. The smallest absolute Gasteiger partial charge is 0.256 e. The molecule has 2 N–H and O–H groups in total. The first-order valence-corrected chi connectivity index (χ1v) is 11.6. The Kier molecular flexibility index (Phi) is 7.80. The summed E-state index contributed by atoms with van der Waals surface area (Å²) >= 11 is 0.